The molecule has 1 N–H and O–H groups in total. The largest absolute Gasteiger partial charge is 0.390 e. The first kappa shape index (κ1) is 13.4. The van der Waals surface area contributed by atoms with Crippen LogP contribution in [-0.4, -0.2) is 28.7 Å². The summed E-state index contributed by atoms with van der Waals surface area (Å²) in [6, 6.07) is 8.11. The highest BCUT2D eigenvalue weighted by Crippen LogP contribution is 2.40. The van der Waals surface area contributed by atoms with Gasteiger partial charge >= 0.3 is 0 Å². The molecule has 1 heterocycles. The van der Waals surface area contributed by atoms with E-state index in [0.717, 1.165) is 37.5 Å². The lowest BCUT2D eigenvalue weighted by atomic mass is 9.71. The van der Waals surface area contributed by atoms with Crippen molar-refractivity contribution in [3.63, 3.8) is 0 Å². The fourth-order valence-electron chi connectivity index (χ4n) is 3.68. The molecule has 2 atom stereocenters. The van der Waals surface area contributed by atoms with Gasteiger partial charge in [0.15, 0.2) is 0 Å². The minimum atomic E-state index is -0.372. The molecular formula is C16H22ClNO. The number of fused-ring (bicyclic) bond motifs is 1. The van der Waals surface area contributed by atoms with Crippen LogP contribution in [0.4, 0.5) is 0 Å². The Morgan fingerprint density at radius 2 is 2.21 bits per heavy atom. The Kier molecular flexibility index (Phi) is 3.84. The summed E-state index contributed by atoms with van der Waals surface area (Å²) in [7, 11) is 0. The Bertz CT molecular complexity index is 450. The van der Waals surface area contributed by atoms with E-state index in [1.807, 2.05) is 18.2 Å². The highest BCUT2D eigenvalue weighted by molar-refractivity contribution is 6.30. The molecule has 104 valence electrons. The van der Waals surface area contributed by atoms with Crippen molar-refractivity contribution in [3.05, 3.63) is 34.9 Å². The number of benzene rings is 1. The lowest BCUT2D eigenvalue weighted by molar-refractivity contribution is -0.0967. The van der Waals surface area contributed by atoms with Gasteiger partial charge in [-0.2, -0.15) is 0 Å². The number of halogens is 1. The highest BCUT2D eigenvalue weighted by atomic mass is 35.5. The van der Waals surface area contributed by atoms with Crippen molar-refractivity contribution in [1.29, 1.82) is 0 Å². The molecule has 0 bridgehead atoms. The molecule has 1 saturated heterocycles. The maximum atomic E-state index is 10.7. The zero-order valence-electron chi connectivity index (χ0n) is 11.3. The molecule has 2 fully saturated rings. The molecule has 2 aliphatic rings. The first-order valence-corrected chi connectivity index (χ1v) is 7.73. The van der Waals surface area contributed by atoms with Crippen molar-refractivity contribution in [1.82, 2.24) is 4.90 Å². The van der Waals surface area contributed by atoms with E-state index in [4.69, 9.17) is 11.6 Å². The van der Waals surface area contributed by atoms with Gasteiger partial charge in [-0.1, -0.05) is 36.6 Å². The third-order valence-electron chi connectivity index (χ3n) is 4.81. The second kappa shape index (κ2) is 5.43. The van der Waals surface area contributed by atoms with Crippen molar-refractivity contribution < 1.29 is 5.11 Å². The lowest BCUT2D eigenvalue weighted by Crippen LogP contribution is -2.52. The van der Waals surface area contributed by atoms with E-state index in [-0.39, 0.29) is 5.60 Å². The number of rotatable bonds is 2. The second-order valence-electron chi connectivity index (χ2n) is 6.16. The van der Waals surface area contributed by atoms with Crippen LogP contribution in [0.5, 0.6) is 0 Å². The van der Waals surface area contributed by atoms with Crippen LogP contribution in [0.25, 0.3) is 0 Å². The van der Waals surface area contributed by atoms with Crippen molar-refractivity contribution in [2.24, 2.45) is 5.92 Å². The van der Waals surface area contributed by atoms with Gasteiger partial charge in [-0.05, 0) is 37.0 Å². The predicted molar refractivity (Wildman–Crippen MR) is 78.3 cm³/mol. The van der Waals surface area contributed by atoms with Gasteiger partial charge in [0.2, 0.25) is 0 Å². The number of hydrogen-bond donors (Lipinski definition) is 1. The second-order valence-corrected chi connectivity index (χ2v) is 6.60. The molecule has 1 saturated carbocycles. The lowest BCUT2D eigenvalue weighted by Gasteiger charge is -2.47. The van der Waals surface area contributed by atoms with Gasteiger partial charge in [-0.25, -0.2) is 0 Å². The van der Waals surface area contributed by atoms with Crippen LogP contribution >= 0.6 is 11.6 Å². The molecule has 1 aliphatic carbocycles. The summed E-state index contributed by atoms with van der Waals surface area (Å²) in [5.41, 5.74) is 0.900. The van der Waals surface area contributed by atoms with Crippen LogP contribution in [0, 0.1) is 5.92 Å². The van der Waals surface area contributed by atoms with E-state index in [1.54, 1.807) is 0 Å². The predicted octanol–water partition coefficient (Wildman–Crippen LogP) is 3.47. The van der Waals surface area contributed by atoms with Gasteiger partial charge in [-0.15, -0.1) is 0 Å². The first-order valence-electron chi connectivity index (χ1n) is 7.35. The standard InChI is InChI=1S/C16H22ClNO/c17-15-6-3-4-13(10-15)11-18-9-8-16(19)7-2-1-5-14(16)12-18/h3-4,6,10,14,19H,1-2,5,7-9,11-12H2. The molecule has 1 aliphatic heterocycles. The molecule has 0 amide bonds. The third kappa shape index (κ3) is 2.96. The minimum absolute atomic E-state index is 0.372. The summed E-state index contributed by atoms with van der Waals surface area (Å²) < 4.78 is 0. The summed E-state index contributed by atoms with van der Waals surface area (Å²) in [6.07, 6.45) is 5.59. The average Bonchev–Trinajstić information content (AvgIpc) is 2.39. The van der Waals surface area contributed by atoms with Crippen molar-refractivity contribution >= 4 is 11.6 Å². The van der Waals surface area contributed by atoms with Crippen LogP contribution in [0.1, 0.15) is 37.7 Å². The van der Waals surface area contributed by atoms with Crippen molar-refractivity contribution in [3.8, 4) is 0 Å². The van der Waals surface area contributed by atoms with E-state index >= 15 is 0 Å². The minimum Gasteiger partial charge on any atom is -0.390 e. The van der Waals surface area contributed by atoms with E-state index in [0.29, 0.717) is 5.92 Å². The van der Waals surface area contributed by atoms with Crippen LogP contribution < -0.4 is 0 Å². The van der Waals surface area contributed by atoms with Crippen LogP contribution in [-0.2, 0) is 6.54 Å². The maximum Gasteiger partial charge on any atom is 0.0700 e. The fraction of sp³-hybridized carbons (Fsp3) is 0.625. The first-order chi connectivity index (χ1) is 9.16. The van der Waals surface area contributed by atoms with E-state index in [2.05, 4.69) is 11.0 Å². The molecule has 1 aromatic carbocycles. The molecular weight excluding hydrogens is 258 g/mol. The van der Waals surface area contributed by atoms with E-state index in [9.17, 15) is 5.11 Å². The summed E-state index contributed by atoms with van der Waals surface area (Å²) in [6.45, 7) is 2.98. The number of likely N-dealkylation sites (tertiary alicyclic amines) is 1. The summed E-state index contributed by atoms with van der Waals surface area (Å²) in [5, 5.41) is 11.5. The summed E-state index contributed by atoms with van der Waals surface area (Å²) in [4.78, 5) is 2.47. The summed E-state index contributed by atoms with van der Waals surface area (Å²) >= 11 is 6.04. The molecule has 0 aromatic heterocycles. The van der Waals surface area contributed by atoms with Gasteiger partial charge in [0, 0.05) is 30.6 Å². The molecule has 0 spiro atoms. The normalized spacial score (nSPS) is 32.0. The third-order valence-corrected chi connectivity index (χ3v) is 5.04. The Morgan fingerprint density at radius 3 is 3.05 bits per heavy atom. The summed E-state index contributed by atoms with van der Waals surface area (Å²) in [5.74, 6) is 0.467. The van der Waals surface area contributed by atoms with Crippen LogP contribution in [0.2, 0.25) is 5.02 Å². The Balaban J connectivity index is 1.65. The van der Waals surface area contributed by atoms with Crippen LogP contribution in [0.3, 0.4) is 0 Å². The topological polar surface area (TPSA) is 23.5 Å². The number of nitrogens with zero attached hydrogens (tertiary/aromatic N) is 1. The van der Waals surface area contributed by atoms with Gasteiger partial charge in [0.05, 0.1) is 5.60 Å². The highest BCUT2D eigenvalue weighted by Gasteiger charge is 2.42. The zero-order chi connectivity index (χ0) is 13.3. The molecule has 3 heteroatoms. The Labute approximate surface area is 120 Å². The molecule has 0 radical (unpaired) electrons. The molecule has 1 aromatic rings. The van der Waals surface area contributed by atoms with Crippen LogP contribution in [0.15, 0.2) is 24.3 Å². The van der Waals surface area contributed by atoms with Gasteiger partial charge in [0.1, 0.15) is 0 Å². The van der Waals surface area contributed by atoms with E-state index < -0.39 is 0 Å². The number of aliphatic hydroxyl groups is 1. The Morgan fingerprint density at radius 1 is 1.32 bits per heavy atom. The van der Waals surface area contributed by atoms with Crippen molar-refractivity contribution in [2.45, 2.75) is 44.2 Å². The fourth-order valence-corrected chi connectivity index (χ4v) is 3.89. The molecule has 19 heavy (non-hydrogen) atoms. The quantitative estimate of drug-likeness (QED) is 0.896. The number of hydrogen-bond acceptors (Lipinski definition) is 2. The number of piperidine rings is 1. The molecule has 2 nitrogen and oxygen atoms in total. The maximum absolute atomic E-state index is 10.7. The zero-order valence-corrected chi connectivity index (χ0v) is 12.1. The average molecular weight is 280 g/mol. The van der Waals surface area contributed by atoms with E-state index in [1.165, 1.54) is 24.8 Å². The van der Waals surface area contributed by atoms with Gasteiger partial charge in [0.25, 0.3) is 0 Å². The monoisotopic (exact) mass is 279 g/mol. The SMILES string of the molecule is OC12CCCCC1CN(Cc1cccc(Cl)c1)CC2. The van der Waals surface area contributed by atoms with Gasteiger partial charge in [-0.3, -0.25) is 4.90 Å². The molecule has 3 rings (SSSR count). The van der Waals surface area contributed by atoms with Crippen molar-refractivity contribution in [2.75, 3.05) is 13.1 Å². The molecule has 2 unspecified atom stereocenters. The smallest absolute Gasteiger partial charge is 0.0700 e. The van der Waals surface area contributed by atoms with Gasteiger partial charge < -0.3 is 5.11 Å². The Hall–Kier alpha value is -0.570.